The number of nitrogens with zero attached hydrogens (tertiary/aromatic N) is 1. The number of nitrogens with one attached hydrogen (secondary N) is 2. The van der Waals surface area contributed by atoms with Crippen LogP contribution >= 0.6 is 11.8 Å². The molecule has 0 saturated carbocycles. The topological polar surface area (TPSA) is 136 Å². The number of hydrogen-bond acceptors (Lipinski definition) is 6. The predicted octanol–water partition coefficient (Wildman–Crippen LogP) is 1.96. The summed E-state index contributed by atoms with van der Waals surface area (Å²) in [7, 11) is 0. The maximum atomic E-state index is 13.8. The van der Waals surface area contributed by atoms with Crippen LogP contribution in [0.25, 0.3) is 0 Å². The number of carbonyl (C=O) groups is 4. The first-order valence-electron chi connectivity index (χ1n) is 12.1. The van der Waals surface area contributed by atoms with Gasteiger partial charge in [-0.25, -0.2) is 4.79 Å². The molecule has 1 heterocycles. The zero-order chi connectivity index (χ0) is 27.1. The lowest BCUT2D eigenvalue weighted by atomic mass is 9.99. The van der Waals surface area contributed by atoms with E-state index in [2.05, 4.69) is 10.6 Å². The molecule has 0 aliphatic carbocycles. The standard InChI is InChI=1S/C27H33N3O6S/c1-16(2)22(28-17(3)31)25(34)30-21(15-37-26(30)19-12-8-5-9-13-19)24(33)29-20(23(32)27(35)36)14-18-10-6-4-7-11-18/h4-13,16,20-23,26,32H,14-15H2,1-3H3,(H,28,31)(H,29,33)(H,35,36)/t20-,21-,22-,23?,26?/m0/s1. The van der Waals surface area contributed by atoms with E-state index in [-0.39, 0.29) is 24.0 Å². The quantitative estimate of drug-likeness (QED) is 0.371. The van der Waals surface area contributed by atoms with E-state index >= 15 is 0 Å². The molecular formula is C27H33N3O6S. The molecule has 37 heavy (non-hydrogen) atoms. The van der Waals surface area contributed by atoms with Crippen LogP contribution in [0.15, 0.2) is 60.7 Å². The SMILES string of the molecule is CC(=O)N[C@H](C(=O)N1C(c2ccccc2)SC[C@H]1C(=O)N[C@@H](Cc1ccccc1)C(O)C(=O)O)C(C)C. The van der Waals surface area contributed by atoms with Crippen LogP contribution in [-0.4, -0.2) is 68.8 Å². The number of hydrogen-bond donors (Lipinski definition) is 4. The molecule has 3 amide bonds. The van der Waals surface area contributed by atoms with E-state index in [1.54, 1.807) is 24.3 Å². The van der Waals surface area contributed by atoms with E-state index in [1.165, 1.54) is 23.6 Å². The van der Waals surface area contributed by atoms with E-state index in [1.807, 2.05) is 50.2 Å². The minimum absolute atomic E-state index is 0.0937. The lowest BCUT2D eigenvalue weighted by molar-refractivity contribution is -0.149. The number of rotatable bonds is 10. The molecule has 0 spiro atoms. The Hall–Kier alpha value is -3.37. The molecule has 3 rings (SSSR count). The summed E-state index contributed by atoms with van der Waals surface area (Å²) in [5.41, 5.74) is 1.57. The van der Waals surface area contributed by atoms with Gasteiger partial charge in [-0.1, -0.05) is 74.5 Å². The monoisotopic (exact) mass is 527 g/mol. The van der Waals surface area contributed by atoms with Crippen molar-refractivity contribution in [2.75, 3.05) is 5.75 Å². The number of aliphatic hydroxyl groups excluding tert-OH is 1. The first-order valence-corrected chi connectivity index (χ1v) is 13.2. The Bertz CT molecular complexity index is 1100. The van der Waals surface area contributed by atoms with Crippen molar-refractivity contribution < 1.29 is 29.4 Å². The molecule has 1 fully saturated rings. The van der Waals surface area contributed by atoms with Gasteiger partial charge in [0.2, 0.25) is 17.7 Å². The van der Waals surface area contributed by atoms with Gasteiger partial charge in [0.25, 0.3) is 0 Å². The zero-order valence-electron chi connectivity index (χ0n) is 21.0. The molecule has 10 heteroatoms. The van der Waals surface area contributed by atoms with Crippen LogP contribution in [0.1, 0.15) is 37.3 Å². The van der Waals surface area contributed by atoms with Crippen molar-refractivity contribution in [3.63, 3.8) is 0 Å². The lowest BCUT2D eigenvalue weighted by Gasteiger charge is -2.34. The predicted molar refractivity (Wildman–Crippen MR) is 140 cm³/mol. The van der Waals surface area contributed by atoms with Crippen molar-refractivity contribution in [2.45, 2.75) is 56.8 Å². The third-order valence-electron chi connectivity index (χ3n) is 6.19. The highest BCUT2D eigenvalue weighted by Gasteiger charge is 2.45. The van der Waals surface area contributed by atoms with Gasteiger partial charge in [0.05, 0.1) is 6.04 Å². The summed E-state index contributed by atoms with van der Waals surface area (Å²) in [5, 5.41) is 24.7. The van der Waals surface area contributed by atoms with Gasteiger partial charge in [-0.05, 0) is 23.5 Å². The van der Waals surface area contributed by atoms with Crippen LogP contribution in [0.4, 0.5) is 0 Å². The minimum atomic E-state index is -1.84. The van der Waals surface area contributed by atoms with Crippen molar-refractivity contribution in [3.8, 4) is 0 Å². The van der Waals surface area contributed by atoms with Crippen molar-refractivity contribution in [3.05, 3.63) is 71.8 Å². The number of carboxylic acids is 1. The fourth-order valence-corrected chi connectivity index (χ4v) is 5.74. The van der Waals surface area contributed by atoms with Crippen LogP contribution in [-0.2, 0) is 25.6 Å². The van der Waals surface area contributed by atoms with Crippen LogP contribution < -0.4 is 10.6 Å². The lowest BCUT2D eigenvalue weighted by Crippen LogP contribution is -2.58. The summed E-state index contributed by atoms with van der Waals surface area (Å²) in [6.45, 7) is 4.96. The molecule has 9 nitrogen and oxygen atoms in total. The molecule has 1 aliphatic rings. The van der Waals surface area contributed by atoms with Gasteiger partial charge < -0.3 is 25.7 Å². The normalized spacial score (nSPS) is 19.6. The Morgan fingerprint density at radius 2 is 1.59 bits per heavy atom. The van der Waals surface area contributed by atoms with Crippen molar-refractivity contribution in [2.24, 2.45) is 5.92 Å². The van der Waals surface area contributed by atoms with Gasteiger partial charge in [-0.3, -0.25) is 14.4 Å². The van der Waals surface area contributed by atoms with Gasteiger partial charge in [-0.15, -0.1) is 11.8 Å². The smallest absolute Gasteiger partial charge is 0.334 e. The molecule has 0 aromatic heterocycles. The molecule has 198 valence electrons. The number of aliphatic carboxylic acids is 1. The summed E-state index contributed by atoms with van der Waals surface area (Å²) < 4.78 is 0. The van der Waals surface area contributed by atoms with Gasteiger partial charge in [0.1, 0.15) is 17.5 Å². The second kappa shape index (κ2) is 12.7. The van der Waals surface area contributed by atoms with Crippen LogP contribution in [0.5, 0.6) is 0 Å². The number of amides is 3. The second-order valence-electron chi connectivity index (χ2n) is 9.37. The second-order valence-corrected chi connectivity index (χ2v) is 10.5. The summed E-state index contributed by atoms with van der Waals surface area (Å²) >= 11 is 1.41. The summed E-state index contributed by atoms with van der Waals surface area (Å²) in [6.07, 6.45) is -1.74. The molecule has 2 aromatic carbocycles. The van der Waals surface area contributed by atoms with Crippen molar-refractivity contribution >= 4 is 35.5 Å². The first kappa shape index (κ1) is 28.2. The molecule has 0 radical (unpaired) electrons. The van der Waals surface area contributed by atoms with Crippen LogP contribution in [0.2, 0.25) is 0 Å². The largest absolute Gasteiger partial charge is 0.479 e. The maximum Gasteiger partial charge on any atom is 0.334 e. The average molecular weight is 528 g/mol. The van der Waals surface area contributed by atoms with Gasteiger partial charge in [-0.2, -0.15) is 0 Å². The minimum Gasteiger partial charge on any atom is -0.479 e. The number of thioether (sulfide) groups is 1. The van der Waals surface area contributed by atoms with Crippen molar-refractivity contribution in [1.29, 1.82) is 0 Å². The Morgan fingerprint density at radius 1 is 1.00 bits per heavy atom. The van der Waals surface area contributed by atoms with E-state index in [0.29, 0.717) is 0 Å². The Labute approximate surface area is 220 Å². The van der Waals surface area contributed by atoms with Gasteiger partial charge in [0, 0.05) is 12.7 Å². The third kappa shape index (κ3) is 7.11. The molecule has 1 saturated heterocycles. The van der Waals surface area contributed by atoms with E-state index in [4.69, 9.17) is 0 Å². The average Bonchev–Trinajstić information content (AvgIpc) is 3.32. The highest BCUT2D eigenvalue weighted by molar-refractivity contribution is 7.99. The summed E-state index contributed by atoms with van der Waals surface area (Å²) in [4.78, 5) is 52.3. The third-order valence-corrected chi connectivity index (χ3v) is 7.52. The van der Waals surface area contributed by atoms with Gasteiger partial charge in [0.15, 0.2) is 6.10 Å². The Kier molecular flexibility index (Phi) is 9.71. The van der Waals surface area contributed by atoms with Crippen molar-refractivity contribution in [1.82, 2.24) is 15.5 Å². The Balaban J connectivity index is 1.92. The molecule has 0 bridgehead atoms. The molecule has 2 unspecified atom stereocenters. The van der Waals surface area contributed by atoms with Crippen LogP contribution in [0.3, 0.4) is 0 Å². The van der Waals surface area contributed by atoms with E-state index in [0.717, 1.165) is 11.1 Å². The molecule has 5 atom stereocenters. The summed E-state index contributed by atoms with van der Waals surface area (Å²) in [6, 6.07) is 15.3. The number of carboxylic acid groups (broad SMARTS) is 1. The summed E-state index contributed by atoms with van der Waals surface area (Å²) in [5.74, 6) is -2.75. The number of carbonyl (C=O) groups excluding carboxylic acids is 3. The molecule has 2 aromatic rings. The fourth-order valence-electron chi connectivity index (χ4n) is 4.31. The van der Waals surface area contributed by atoms with E-state index < -0.39 is 47.4 Å². The highest BCUT2D eigenvalue weighted by Crippen LogP contribution is 2.42. The fraction of sp³-hybridized carbons (Fsp3) is 0.407. The van der Waals surface area contributed by atoms with Gasteiger partial charge >= 0.3 is 5.97 Å². The Morgan fingerprint density at radius 3 is 2.14 bits per heavy atom. The molecule has 1 aliphatic heterocycles. The number of benzene rings is 2. The molecular weight excluding hydrogens is 494 g/mol. The zero-order valence-corrected chi connectivity index (χ0v) is 21.9. The highest BCUT2D eigenvalue weighted by atomic mass is 32.2. The first-order chi connectivity index (χ1) is 17.6. The molecule has 4 N–H and O–H groups in total. The van der Waals surface area contributed by atoms with E-state index in [9.17, 15) is 29.4 Å². The van der Waals surface area contributed by atoms with Crippen LogP contribution in [0, 0.1) is 5.92 Å². The number of aliphatic hydroxyl groups is 1. The maximum absolute atomic E-state index is 13.8.